The number of carbonyl (C=O) groups is 1. The van der Waals surface area contributed by atoms with E-state index in [9.17, 15) is 4.79 Å². The second-order valence-corrected chi connectivity index (χ2v) is 4.35. The lowest BCUT2D eigenvalue weighted by molar-refractivity contribution is -0.130. The van der Waals surface area contributed by atoms with Gasteiger partial charge in [0.1, 0.15) is 0 Å². The number of rotatable bonds is 4. The molecule has 2 aliphatic rings. The zero-order valence-corrected chi connectivity index (χ0v) is 9.41. The normalized spacial score (nSPS) is 19.9. The van der Waals surface area contributed by atoms with Gasteiger partial charge in [0, 0.05) is 12.6 Å². The molecular formula is C13H19NO. The minimum Gasteiger partial charge on any atom is -0.340 e. The summed E-state index contributed by atoms with van der Waals surface area (Å²) < 4.78 is 0. The minimum atomic E-state index is 0.304. The van der Waals surface area contributed by atoms with E-state index in [0.29, 0.717) is 18.4 Å². The minimum absolute atomic E-state index is 0.304. The molecule has 0 heterocycles. The highest BCUT2D eigenvalue weighted by molar-refractivity contribution is 5.80. The van der Waals surface area contributed by atoms with Gasteiger partial charge >= 0.3 is 0 Å². The van der Waals surface area contributed by atoms with Gasteiger partial charge in [-0.05, 0) is 38.2 Å². The van der Waals surface area contributed by atoms with E-state index in [1.165, 1.54) is 18.4 Å². The van der Waals surface area contributed by atoms with E-state index in [2.05, 4.69) is 25.2 Å². The maximum atomic E-state index is 12.0. The van der Waals surface area contributed by atoms with Crippen molar-refractivity contribution in [1.29, 1.82) is 0 Å². The van der Waals surface area contributed by atoms with Gasteiger partial charge in [0.25, 0.3) is 0 Å². The molecule has 1 saturated carbocycles. The van der Waals surface area contributed by atoms with Gasteiger partial charge in [-0.2, -0.15) is 0 Å². The van der Waals surface area contributed by atoms with Gasteiger partial charge in [-0.3, -0.25) is 4.79 Å². The first-order chi connectivity index (χ1) is 7.31. The van der Waals surface area contributed by atoms with Crippen molar-refractivity contribution in [3.8, 4) is 0 Å². The molecule has 2 heteroatoms. The van der Waals surface area contributed by atoms with Crippen LogP contribution in [0.4, 0.5) is 0 Å². The topological polar surface area (TPSA) is 20.3 Å². The fraction of sp³-hybridized carbons (Fsp3) is 0.615. The number of amides is 1. The predicted molar refractivity (Wildman–Crippen MR) is 61.5 cm³/mol. The highest BCUT2D eigenvalue weighted by atomic mass is 16.2. The SMILES string of the molecule is CCN(C(=O)CC1=CCCC=C1)C1CC1. The molecule has 0 aromatic carbocycles. The maximum Gasteiger partial charge on any atom is 0.227 e. The Bertz CT molecular complexity index is 300. The third kappa shape index (κ3) is 2.71. The van der Waals surface area contributed by atoms with Crippen LogP contribution in [0.2, 0.25) is 0 Å². The van der Waals surface area contributed by atoms with Crippen LogP contribution in [-0.2, 0) is 4.79 Å². The van der Waals surface area contributed by atoms with E-state index >= 15 is 0 Å². The summed E-state index contributed by atoms with van der Waals surface area (Å²) in [5, 5.41) is 0. The smallest absolute Gasteiger partial charge is 0.227 e. The number of nitrogens with zero attached hydrogens (tertiary/aromatic N) is 1. The molecule has 0 radical (unpaired) electrons. The van der Waals surface area contributed by atoms with Crippen molar-refractivity contribution in [2.24, 2.45) is 0 Å². The molecular weight excluding hydrogens is 186 g/mol. The molecule has 0 bridgehead atoms. The second kappa shape index (κ2) is 4.65. The van der Waals surface area contributed by atoms with Crippen molar-refractivity contribution in [1.82, 2.24) is 4.90 Å². The van der Waals surface area contributed by atoms with Crippen LogP contribution in [0.25, 0.3) is 0 Å². The Kier molecular flexibility index (Phi) is 3.24. The van der Waals surface area contributed by atoms with Crippen LogP contribution in [0, 0.1) is 0 Å². The van der Waals surface area contributed by atoms with E-state index in [1.807, 2.05) is 4.90 Å². The molecule has 0 N–H and O–H groups in total. The molecule has 0 spiro atoms. The monoisotopic (exact) mass is 205 g/mol. The first-order valence-electron chi connectivity index (χ1n) is 5.96. The number of allylic oxidation sites excluding steroid dienone is 3. The number of hydrogen-bond donors (Lipinski definition) is 0. The fourth-order valence-electron chi connectivity index (χ4n) is 2.10. The molecule has 2 aliphatic carbocycles. The second-order valence-electron chi connectivity index (χ2n) is 4.35. The van der Waals surface area contributed by atoms with Crippen molar-refractivity contribution in [2.75, 3.05) is 6.54 Å². The highest BCUT2D eigenvalue weighted by Gasteiger charge is 2.31. The predicted octanol–water partition coefficient (Wildman–Crippen LogP) is 2.66. The highest BCUT2D eigenvalue weighted by Crippen LogP contribution is 2.28. The summed E-state index contributed by atoms with van der Waals surface area (Å²) in [6.07, 6.45) is 11.7. The van der Waals surface area contributed by atoms with E-state index in [-0.39, 0.29) is 0 Å². The Labute approximate surface area is 91.6 Å². The molecule has 0 atom stereocenters. The van der Waals surface area contributed by atoms with Gasteiger partial charge < -0.3 is 4.90 Å². The lowest BCUT2D eigenvalue weighted by Gasteiger charge is -2.21. The molecule has 0 aromatic heterocycles. The summed E-state index contributed by atoms with van der Waals surface area (Å²) in [6, 6.07) is 0.552. The van der Waals surface area contributed by atoms with Crippen LogP contribution in [0.1, 0.15) is 39.0 Å². The molecule has 15 heavy (non-hydrogen) atoms. The number of hydrogen-bond acceptors (Lipinski definition) is 1. The molecule has 0 aromatic rings. The third-order valence-corrected chi connectivity index (χ3v) is 3.08. The third-order valence-electron chi connectivity index (χ3n) is 3.08. The quantitative estimate of drug-likeness (QED) is 0.691. The van der Waals surface area contributed by atoms with Crippen LogP contribution in [0.15, 0.2) is 23.8 Å². The van der Waals surface area contributed by atoms with Crippen LogP contribution >= 0.6 is 0 Å². The van der Waals surface area contributed by atoms with Crippen molar-refractivity contribution < 1.29 is 4.79 Å². The summed E-state index contributed by atoms with van der Waals surface area (Å²) in [4.78, 5) is 14.0. The standard InChI is InChI=1S/C13H19NO/c1-2-14(12-8-9-12)13(15)10-11-6-4-3-5-7-11/h4,6-7,12H,2-3,5,8-10H2,1H3. The average Bonchev–Trinajstić information content (AvgIpc) is 3.04. The molecule has 2 rings (SSSR count). The number of carbonyl (C=O) groups excluding carboxylic acids is 1. The summed E-state index contributed by atoms with van der Waals surface area (Å²) in [6.45, 7) is 2.93. The largest absolute Gasteiger partial charge is 0.340 e. The van der Waals surface area contributed by atoms with Crippen LogP contribution in [0.3, 0.4) is 0 Å². The summed E-state index contributed by atoms with van der Waals surface area (Å²) in [5.41, 5.74) is 1.20. The van der Waals surface area contributed by atoms with Crippen molar-refractivity contribution >= 4 is 5.91 Å². The zero-order chi connectivity index (χ0) is 10.7. The lowest BCUT2D eigenvalue weighted by atomic mass is 10.0. The van der Waals surface area contributed by atoms with Crippen molar-refractivity contribution in [2.45, 2.75) is 45.1 Å². The van der Waals surface area contributed by atoms with Gasteiger partial charge in [0.15, 0.2) is 0 Å². The van der Waals surface area contributed by atoms with Gasteiger partial charge in [-0.15, -0.1) is 0 Å². The molecule has 82 valence electrons. The Morgan fingerprint density at radius 3 is 2.80 bits per heavy atom. The van der Waals surface area contributed by atoms with Gasteiger partial charge in [-0.25, -0.2) is 0 Å². The summed E-state index contributed by atoms with van der Waals surface area (Å²) in [7, 11) is 0. The molecule has 1 fully saturated rings. The van der Waals surface area contributed by atoms with E-state index in [4.69, 9.17) is 0 Å². The maximum absolute atomic E-state index is 12.0. The van der Waals surface area contributed by atoms with Crippen LogP contribution in [0.5, 0.6) is 0 Å². The molecule has 0 saturated heterocycles. The Morgan fingerprint density at radius 1 is 1.47 bits per heavy atom. The first-order valence-corrected chi connectivity index (χ1v) is 5.96. The Hall–Kier alpha value is -1.05. The van der Waals surface area contributed by atoms with Crippen LogP contribution < -0.4 is 0 Å². The average molecular weight is 205 g/mol. The fourth-order valence-corrected chi connectivity index (χ4v) is 2.10. The molecule has 0 unspecified atom stereocenters. The van der Waals surface area contributed by atoms with Gasteiger partial charge in [0.05, 0.1) is 6.42 Å². The first kappa shape index (κ1) is 10.5. The Balaban J connectivity index is 1.89. The van der Waals surface area contributed by atoms with Gasteiger partial charge in [-0.1, -0.05) is 18.2 Å². The molecule has 1 amide bonds. The van der Waals surface area contributed by atoms with Gasteiger partial charge in [0.2, 0.25) is 5.91 Å². The summed E-state index contributed by atoms with van der Waals surface area (Å²) in [5.74, 6) is 0.304. The van der Waals surface area contributed by atoms with Crippen molar-refractivity contribution in [3.05, 3.63) is 23.8 Å². The Morgan fingerprint density at radius 2 is 2.27 bits per heavy atom. The van der Waals surface area contributed by atoms with Crippen LogP contribution in [-0.4, -0.2) is 23.4 Å². The summed E-state index contributed by atoms with van der Waals surface area (Å²) >= 11 is 0. The van der Waals surface area contributed by atoms with E-state index in [0.717, 1.165) is 19.4 Å². The molecule has 0 aliphatic heterocycles. The lowest BCUT2D eigenvalue weighted by Crippen LogP contribution is -2.32. The van der Waals surface area contributed by atoms with Crippen molar-refractivity contribution in [3.63, 3.8) is 0 Å². The zero-order valence-electron chi connectivity index (χ0n) is 9.41. The molecule has 2 nitrogen and oxygen atoms in total. The van der Waals surface area contributed by atoms with E-state index in [1.54, 1.807) is 0 Å². The van der Waals surface area contributed by atoms with E-state index < -0.39 is 0 Å².